The Kier molecular flexibility index (Phi) is 4.59. The first kappa shape index (κ1) is 15.9. The largest absolute Gasteiger partial charge is 0.475 e. The topological polar surface area (TPSA) is 62.5 Å². The van der Waals surface area contributed by atoms with Gasteiger partial charge >= 0.3 is 5.97 Å². The number of hydrogen-bond donors (Lipinski definition) is 2. The molecule has 0 spiro atoms. The summed E-state index contributed by atoms with van der Waals surface area (Å²) in [5.74, 6) is -1.03. The number of aryl methyl sites for hydroxylation is 2. The average molecular weight is 350 g/mol. The van der Waals surface area contributed by atoms with E-state index in [0.29, 0.717) is 11.1 Å². The fourth-order valence-electron chi connectivity index (χ4n) is 2.52. The number of benzene rings is 1. The molecule has 2 N–H and O–H groups in total. The molecule has 0 unspecified atom stereocenters. The Balaban J connectivity index is 1.64. The molecular weight excluding hydrogens is 334 g/mol. The predicted molar refractivity (Wildman–Crippen MR) is 94.1 cm³/mol. The van der Waals surface area contributed by atoms with Crippen LogP contribution in [0.5, 0.6) is 0 Å². The Morgan fingerprint density at radius 2 is 2.17 bits per heavy atom. The lowest BCUT2D eigenvalue weighted by Crippen LogP contribution is -2.02. The smallest absolute Gasteiger partial charge is 0.372 e. The molecule has 0 aliphatic carbocycles. The highest BCUT2D eigenvalue weighted by Crippen LogP contribution is 2.28. The molecule has 0 radical (unpaired) electrons. The molecule has 1 aromatic carbocycles. The van der Waals surface area contributed by atoms with Crippen LogP contribution in [0.25, 0.3) is 11.0 Å². The number of aromatic carboxylic acids is 1. The first-order chi connectivity index (χ1) is 11.0. The summed E-state index contributed by atoms with van der Waals surface area (Å²) in [6, 6.07) is 9.61. The fourth-order valence-corrected chi connectivity index (χ4v) is 3.65. The Labute approximate surface area is 142 Å². The number of hydrogen-bond acceptors (Lipinski definition) is 4. The zero-order chi connectivity index (χ0) is 16.4. The SMILES string of the molecule is Cc1c(C(=O)O)oc2ccc(NCCCc3ccc(Cl)s3)cc12. The van der Waals surface area contributed by atoms with E-state index in [1.807, 2.05) is 18.2 Å². The van der Waals surface area contributed by atoms with Crippen LogP contribution >= 0.6 is 22.9 Å². The Morgan fingerprint density at radius 1 is 1.35 bits per heavy atom. The van der Waals surface area contributed by atoms with Crippen molar-refractivity contribution < 1.29 is 14.3 Å². The van der Waals surface area contributed by atoms with Crippen molar-refractivity contribution in [2.24, 2.45) is 0 Å². The van der Waals surface area contributed by atoms with Gasteiger partial charge in [-0.25, -0.2) is 4.79 Å². The van der Waals surface area contributed by atoms with Crippen LogP contribution in [0, 0.1) is 6.92 Å². The molecule has 0 saturated heterocycles. The standard InChI is InChI=1S/C17H16ClNO3S/c1-10-13-9-11(4-6-14(13)22-16(10)17(20)21)19-8-2-3-12-5-7-15(18)23-12/h4-7,9,19H,2-3,8H2,1H3,(H,20,21). The summed E-state index contributed by atoms with van der Waals surface area (Å²) < 4.78 is 6.18. The molecule has 2 heterocycles. The van der Waals surface area contributed by atoms with Crippen molar-refractivity contribution in [3.05, 3.63) is 50.9 Å². The molecular formula is C17H16ClNO3S. The predicted octanol–water partition coefficient (Wildman–Crippen LogP) is 5.20. The molecule has 0 atom stereocenters. The maximum absolute atomic E-state index is 11.1. The minimum atomic E-state index is -1.04. The highest BCUT2D eigenvalue weighted by atomic mass is 35.5. The van der Waals surface area contributed by atoms with Gasteiger partial charge in [-0.3, -0.25) is 0 Å². The van der Waals surface area contributed by atoms with Crippen molar-refractivity contribution in [3.8, 4) is 0 Å². The third kappa shape index (κ3) is 3.51. The van der Waals surface area contributed by atoms with E-state index in [-0.39, 0.29) is 5.76 Å². The van der Waals surface area contributed by atoms with Crippen molar-refractivity contribution in [1.29, 1.82) is 0 Å². The van der Waals surface area contributed by atoms with E-state index in [4.69, 9.17) is 21.1 Å². The molecule has 120 valence electrons. The van der Waals surface area contributed by atoms with Crippen molar-refractivity contribution in [2.75, 3.05) is 11.9 Å². The molecule has 0 aliphatic rings. The monoisotopic (exact) mass is 349 g/mol. The highest BCUT2D eigenvalue weighted by Gasteiger charge is 2.16. The number of nitrogens with one attached hydrogen (secondary N) is 1. The normalized spacial score (nSPS) is 11.0. The van der Waals surface area contributed by atoms with Crippen LogP contribution < -0.4 is 5.32 Å². The Hall–Kier alpha value is -1.98. The van der Waals surface area contributed by atoms with Crippen molar-refractivity contribution in [1.82, 2.24) is 0 Å². The van der Waals surface area contributed by atoms with E-state index in [1.54, 1.807) is 24.3 Å². The minimum Gasteiger partial charge on any atom is -0.475 e. The van der Waals surface area contributed by atoms with Crippen LogP contribution in [0.1, 0.15) is 27.4 Å². The number of thiophene rings is 1. The summed E-state index contributed by atoms with van der Waals surface area (Å²) in [6.07, 6.45) is 1.99. The second-order valence-corrected chi connectivity index (χ2v) is 7.11. The summed E-state index contributed by atoms with van der Waals surface area (Å²) >= 11 is 7.53. The number of carboxylic acids is 1. The summed E-state index contributed by atoms with van der Waals surface area (Å²) in [5.41, 5.74) is 2.21. The molecule has 3 aromatic rings. The number of anilines is 1. The molecule has 4 nitrogen and oxygen atoms in total. The number of rotatable bonds is 6. The maximum atomic E-state index is 11.1. The van der Waals surface area contributed by atoms with Crippen molar-refractivity contribution in [3.63, 3.8) is 0 Å². The lowest BCUT2D eigenvalue weighted by Gasteiger charge is -2.06. The van der Waals surface area contributed by atoms with Crippen LogP contribution in [-0.4, -0.2) is 17.6 Å². The van der Waals surface area contributed by atoms with Crippen LogP contribution in [-0.2, 0) is 6.42 Å². The number of fused-ring (bicyclic) bond motifs is 1. The lowest BCUT2D eigenvalue weighted by molar-refractivity contribution is 0.0664. The molecule has 2 aromatic heterocycles. The maximum Gasteiger partial charge on any atom is 0.372 e. The van der Waals surface area contributed by atoms with Gasteiger partial charge in [0.2, 0.25) is 5.76 Å². The Bertz CT molecular complexity index is 853. The third-order valence-corrected chi connectivity index (χ3v) is 4.98. The number of furan rings is 1. The quantitative estimate of drug-likeness (QED) is 0.600. The van der Waals surface area contributed by atoms with Gasteiger partial charge in [-0.15, -0.1) is 11.3 Å². The second-order valence-electron chi connectivity index (χ2n) is 5.31. The van der Waals surface area contributed by atoms with Gasteiger partial charge < -0.3 is 14.8 Å². The van der Waals surface area contributed by atoms with Gasteiger partial charge in [0.05, 0.1) is 4.34 Å². The number of carboxylic acid groups (broad SMARTS) is 1. The van der Waals surface area contributed by atoms with Crippen molar-refractivity contribution >= 4 is 45.6 Å². The molecule has 0 saturated carbocycles. The first-order valence-electron chi connectivity index (χ1n) is 7.29. The fraction of sp³-hybridized carbons (Fsp3) is 0.235. The molecule has 23 heavy (non-hydrogen) atoms. The molecule has 0 bridgehead atoms. The van der Waals surface area contributed by atoms with Crippen LogP contribution in [0.15, 0.2) is 34.7 Å². The molecule has 0 aliphatic heterocycles. The van der Waals surface area contributed by atoms with E-state index in [2.05, 4.69) is 11.4 Å². The van der Waals surface area contributed by atoms with Gasteiger partial charge in [-0.1, -0.05) is 11.6 Å². The summed E-state index contributed by atoms with van der Waals surface area (Å²) in [5, 5.41) is 13.3. The van der Waals surface area contributed by atoms with Gasteiger partial charge in [0, 0.05) is 28.1 Å². The number of carbonyl (C=O) groups is 1. The molecule has 3 rings (SSSR count). The molecule has 6 heteroatoms. The van der Waals surface area contributed by atoms with E-state index < -0.39 is 5.97 Å². The molecule has 0 fully saturated rings. The minimum absolute atomic E-state index is 0.00623. The van der Waals surface area contributed by atoms with Crippen molar-refractivity contribution in [2.45, 2.75) is 19.8 Å². The lowest BCUT2D eigenvalue weighted by atomic mass is 10.1. The van der Waals surface area contributed by atoms with E-state index >= 15 is 0 Å². The first-order valence-corrected chi connectivity index (χ1v) is 8.48. The van der Waals surface area contributed by atoms with Gasteiger partial charge in [-0.2, -0.15) is 0 Å². The summed E-state index contributed by atoms with van der Waals surface area (Å²) in [6.45, 7) is 2.60. The van der Waals surface area contributed by atoms with Gasteiger partial charge in [0.1, 0.15) is 5.58 Å². The van der Waals surface area contributed by atoms with E-state index in [9.17, 15) is 4.79 Å². The van der Waals surface area contributed by atoms with Crippen LogP contribution in [0.2, 0.25) is 4.34 Å². The van der Waals surface area contributed by atoms with Gasteiger partial charge in [0.25, 0.3) is 0 Å². The number of halogens is 1. The van der Waals surface area contributed by atoms with Crippen LogP contribution in [0.3, 0.4) is 0 Å². The Morgan fingerprint density at radius 3 is 2.87 bits per heavy atom. The van der Waals surface area contributed by atoms with Gasteiger partial charge in [0.15, 0.2) is 0 Å². The van der Waals surface area contributed by atoms with Gasteiger partial charge in [-0.05, 0) is 50.1 Å². The second kappa shape index (κ2) is 6.64. The average Bonchev–Trinajstić information content (AvgIpc) is 3.08. The highest BCUT2D eigenvalue weighted by molar-refractivity contribution is 7.16. The van der Waals surface area contributed by atoms with E-state index in [1.165, 1.54) is 4.88 Å². The zero-order valence-corrected chi connectivity index (χ0v) is 14.1. The summed E-state index contributed by atoms with van der Waals surface area (Å²) in [7, 11) is 0. The van der Waals surface area contributed by atoms with E-state index in [0.717, 1.165) is 34.8 Å². The third-order valence-electron chi connectivity index (χ3n) is 3.69. The van der Waals surface area contributed by atoms with Crippen LogP contribution in [0.4, 0.5) is 5.69 Å². The summed E-state index contributed by atoms with van der Waals surface area (Å²) in [4.78, 5) is 12.4. The zero-order valence-electron chi connectivity index (χ0n) is 12.6. The molecule has 0 amide bonds.